The zero-order valence-electron chi connectivity index (χ0n) is 5.55. The summed E-state index contributed by atoms with van der Waals surface area (Å²) in [6, 6.07) is 0. The smallest absolute Gasteiger partial charge is 0.116 e. The van der Waals surface area contributed by atoms with Crippen molar-refractivity contribution in [2.24, 2.45) is 5.73 Å². The molecule has 4 heteroatoms. The van der Waals surface area contributed by atoms with E-state index in [-0.39, 0.29) is 0 Å². The van der Waals surface area contributed by atoms with E-state index in [9.17, 15) is 0 Å². The van der Waals surface area contributed by atoms with Gasteiger partial charge in [0.15, 0.2) is 0 Å². The number of anilines is 1. The van der Waals surface area contributed by atoms with Crippen LogP contribution in [0.2, 0.25) is 0 Å². The summed E-state index contributed by atoms with van der Waals surface area (Å²) in [5, 5.41) is 1.95. The maximum absolute atomic E-state index is 5.65. The molecule has 0 saturated carbocycles. The lowest BCUT2D eigenvalue weighted by Crippen LogP contribution is -2.09. The monoisotopic (exact) mass is 172 g/mol. The van der Waals surface area contributed by atoms with E-state index in [0.717, 1.165) is 16.1 Å². The topological polar surface area (TPSA) is 52.0 Å². The molecule has 0 bridgehead atoms. The first-order valence-corrected chi connectivity index (χ1v) is 4.05. The van der Waals surface area contributed by atoms with E-state index >= 15 is 0 Å². The standard InChI is InChI=1S/C6H8N2S2/c1-3-2-10-5(4(3)7)6(8)9/h2H,7H2,1H3,(H2,8,9). The molecular formula is C6H8N2S2. The van der Waals surface area contributed by atoms with Gasteiger partial charge in [0.1, 0.15) is 4.99 Å². The quantitative estimate of drug-likeness (QED) is 0.627. The summed E-state index contributed by atoms with van der Waals surface area (Å²) in [5.41, 5.74) is 12.8. The van der Waals surface area contributed by atoms with E-state index in [2.05, 4.69) is 0 Å². The minimum Gasteiger partial charge on any atom is -0.397 e. The summed E-state index contributed by atoms with van der Waals surface area (Å²) in [6.45, 7) is 1.94. The number of thiocarbonyl (C=S) groups is 1. The van der Waals surface area contributed by atoms with Gasteiger partial charge >= 0.3 is 0 Å². The highest BCUT2D eigenvalue weighted by Gasteiger charge is 2.05. The van der Waals surface area contributed by atoms with Gasteiger partial charge in [-0.2, -0.15) is 0 Å². The van der Waals surface area contributed by atoms with E-state index in [1.165, 1.54) is 11.3 Å². The molecule has 0 atom stereocenters. The highest BCUT2D eigenvalue weighted by molar-refractivity contribution is 7.81. The maximum atomic E-state index is 5.65. The lowest BCUT2D eigenvalue weighted by Gasteiger charge is -1.94. The summed E-state index contributed by atoms with van der Waals surface area (Å²) in [7, 11) is 0. The number of nitrogens with two attached hydrogens (primary N) is 2. The first-order valence-electron chi connectivity index (χ1n) is 2.76. The average Bonchev–Trinajstić information content (AvgIpc) is 2.14. The Labute approximate surface area is 68.8 Å². The van der Waals surface area contributed by atoms with Crippen molar-refractivity contribution in [3.8, 4) is 0 Å². The van der Waals surface area contributed by atoms with Gasteiger partial charge in [0, 0.05) is 0 Å². The molecule has 0 aliphatic heterocycles. The van der Waals surface area contributed by atoms with Crippen molar-refractivity contribution in [2.45, 2.75) is 6.92 Å². The van der Waals surface area contributed by atoms with Gasteiger partial charge in [-0.3, -0.25) is 0 Å². The van der Waals surface area contributed by atoms with E-state index in [1.807, 2.05) is 12.3 Å². The second-order valence-corrected chi connectivity index (χ2v) is 3.35. The van der Waals surface area contributed by atoms with Crippen molar-refractivity contribution < 1.29 is 0 Å². The summed E-state index contributed by atoms with van der Waals surface area (Å²) < 4.78 is 0. The Balaban J connectivity index is 3.17. The zero-order chi connectivity index (χ0) is 7.72. The van der Waals surface area contributed by atoms with Crippen molar-refractivity contribution in [1.29, 1.82) is 0 Å². The van der Waals surface area contributed by atoms with E-state index in [1.54, 1.807) is 0 Å². The van der Waals surface area contributed by atoms with Crippen molar-refractivity contribution in [3.63, 3.8) is 0 Å². The SMILES string of the molecule is Cc1csc(C(N)=S)c1N. The van der Waals surface area contributed by atoms with Crippen LogP contribution in [0.25, 0.3) is 0 Å². The molecule has 1 rings (SSSR count). The van der Waals surface area contributed by atoms with Crippen LogP contribution in [0.3, 0.4) is 0 Å². The van der Waals surface area contributed by atoms with Crippen molar-refractivity contribution in [1.82, 2.24) is 0 Å². The fraction of sp³-hybridized carbons (Fsp3) is 0.167. The van der Waals surface area contributed by atoms with Crippen LogP contribution in [0.15, 0.2) is 5.38 Å². The second-order valence-electron chi connectivity index (χ2n) is 2.03. The van der Waals surface area contributed by atoms with Gasteiger partial charge in [-0.25, -0.2) is 0 Å². The zero-order valence-corrected chi connectivity index (χ0v) is 7.18. The van der Waals surface area contributed by atoms with Crippen LogP contribution < -0.4 is 11.5 Å². The molecule has 1 aromatic rings. The molecule has 0 unspecified atom stereocenters. The lowest BCUT2D eigenvalue weighted by molar-refractivity contribution is 1.54. The maximum Gasteiger partial charge on any atom is 0.116 e. The molecular weight excluding hydrogens is 164 g/mol. The van der Waals surface area contributed by atoms with Crippen LogP contribution in [-0.4, -0.2) is 4.99 Å². The Morgan fingerprint density at radius 3 is 2.50 bits per heavy atom. The van der Waals surface area contributed by atoms with Crippen LogP contribution in [0.4, 0.5) is 5.69 Å². The highest BCUT2D eigenvalue weighted by atomic mass is 32.1. The molecule has 0 aliphatic rings. The third-order valence-corrected chi connectivity index (χ3v) is 2.73. The van der Waals surface area contributed by atoms with Crippen LogP contribution in [0.1, 0.15) is 10.4 Å². The molecule has 0 saturated heterocycles. The Morgan fingerprint density at radius 1 is 1.70 bits per heavy atom. The van der Waals surface area contributed by atoms with Crippen molar-refractivity contribution in [2.75, 3.05) is 5.73 Å². The van der Waals surface area contributed by atoms with Gasteiger partial charge < -0.3 is 11.5 Å². The van der Waals surface area contributed by atoms with E-state index in [4.69, 9.17) is 23.7 Å². The summed E-state index contributed by atoms with van der Waals surface area (Å²) in [6.07, 6.45) is 0. The van der Waals surface area contributed by atoms with Gasteiger partial charge in [0.05, 0.1) is 10.6 Å². The molecule has 0 radical (unpaired) electrons. The molecule has 1 aromatic heterocycles. The largest absolute Gasteiger partial charge is 0.397 e. The first kappa shape index (κ1) is 7.50. The molecule has 0 fully saturated rings. The predicted octanol–water partition coefficient (Wildman–Crippen LogP) is 1.27. The van der Waals surface area contributed by atoms with E-state index < -0.39 is 0 Å². The number of thiophene rings is 1. The fourth-order valence-corrected chi connectivity index (χ4v) is 1.72. The predicted molar refractivity (Wildman–Crippen MR) is 49.4 cm³/mol. The van der Waals surface area contributed by atoms with Crippen LogP contribution >= 0.6 is 23.6 Å². The first-order chi connectivity index (χ1) is 4.63. The van der Waals surface area contributed by atoms with Crippen LogP contribution in [-0.2, 0) is 0 Å². The molecule has 1 heterocycles. The van der Waals surface area contributed by atoms with Crippen molar-refractivity contribution >= 4 is 34.2 Å². The van der Waals surface area contributed by atoms with Crippen LogP contribution in [0.5, 0.6) is 0 Å². The van der Waals surface area contributed by atoms with Gasteiger partial charge in [-0.05, 0) is 17.9 Å². The van der Waals surface area contributed by atoms with Gasteiger partial charge in [0.25, 0.3) is 0 Å². The normalized spacial score (nSPS) is 9.70. The second kappa shape index (κ2) is 2.56. The fourth-order valence-electron chi connectivity index (χ4n) is 0.644. The molecule has 2 nitrogen and oxygen atoms in total. The number of hydrogen-bond donors (Lipinski definition) is 2. The molecule has 0 aliphatic carbocycles. The summed E-state index contributed by atoms with van der Waals surface area (Å²) >= 11 is 6.26. The summed E-state index contributed by atoms with van der Waals surface area (Å²) in [4.78, 5) is 1.21. The Bertz CT molecular complexity index is 265. The Hall–Kier alpha value is -0.610. The molecule has 54 valence electrons. The van der Waals surface area contributed by atoms with Gasteiger partial charge in [-0.15, -0.1) is 11.3 Å². The van der Waals surface area contributed by atoms with Crippen LogP contribution in [0, 0.1) is 6.92 Å². The number of rotatable bonds is 1. The number of hydrogen-bond acceptors (Lipinski definition) is 3. The molecule has 4 N–H and O–H groups in total. The third-order valence-electron chi connectivity index (χ3n) is 1.25. The molecule has 10 heavy (non-hydrogen) atoms. The molecule has 0 aromatic carbocycles. The lowest BCUT2D eigenvalue weighted by atomic mass is 10.3. The average molecular weight is 172 g/mol. The molecule has 0 spiro atoms. The Kier molecular flexibility index (Phi) is 1.92. The van der Waals surface area contributed by atoms with E-state index in [0.29, 0.717) is 4.99 Å². The summed E-state index contributed by atoms with van der Waals surface area (Å²) in [5.74, 6) is 0. The minimum absolute atomic E-state index is 0.385. The minimum atomic E-state index is 0.385. The number of aryl methyl sites for hydroxylation is 1. The highest BCUT2D eigenvalue weighted by Crippen LogP contribution is 2.23. The van der Waals surface area contributed by atoms with Crippen molar-refractivity contribution in [3.05, 3.63) is 15.8 Å². The van der Waals surface area contributed by atoms with Gasteiger partial charge in [-0.1, -0.05) is 12.2 Å². The molecule has 0 amide bonds. The van der Waals surface area contributed by atoms with Gasteiger partial charge in [0.2, 0.25) is 0 Å². The Morgan fingerprint density at radius 2 is 2.30 bits per heavy atom. The number of nitrogen functional groups attached to an aromatic ring is 1. The third kappa shape index (κ3) is 1.12.